The molecular weight excluding hydrogens is 473 g/mol. The molecule has 0 fully saturated rings. The predicted molar refractivity (Wildman–Crippen MR) is 124 cm³/mol. The molecule has 0 aliphatic heterocycles. The van der Waals surface area contributed by atoms with Crippen LogP contribution >= 0.6 is 0 Å². The monoisotopic (exact) mass is 497 g/mol. The van der Waals surface area contributed by atoms with Gasteiger partial charge in [0.25, 0.3) is 5.91 Å². The Balaban J connectivity index is 2.26. The Morgan fingerprint density at radius 2 is 1.79 bits per heavy atom. The van der Waals surface area contributed by atoms with Gasteiger partial charge in [-0.25, -0.2) is 21.2 Å². The SMILES string of the molecule is CNC(=O)c1c(-c2ccc(F)cc2)oc2nc(N(C)S(C)(=O)=O)c(CCCS(C)(=O)=O)cc12. The van der Waals surface area contributed by atoms with E-state index in [0.717, 1.165) is 16.8 Å². The molecule has 0 aliphatic carbocycles. The van der Waals surface area contributed by atoms with Gasteiger partial charge in [0, 0.05) is 25.9 Å². The zero-order valence-electron chi connectivity index (χ0n) is 18.5. The summed E-state index contributed by atoms with van der Waals surface area (Å²) in [4.78, 5) is 17.1. The van der Waals surface area contributed by atoms with Gasteiger partial charge in [-0.2, -0.15) is 4.98 Å². The summed E-state index contributed by atoms with van der Waals surface area (Å²) < 4.78 is 67.8. The minimum atomic E-state index is -3.69. The summed E-state index contributed by atoms with van der Waals surface area (Å²) in [6.07, 6.45) is 2.57. The van der Waals surface area contributed by atoms with E-state index in [2.05, 4.69) is 10.3 Å². The standard InChI is InChI=1S/C21H24FN3O6S2/c1-23-20(26)17-16-12-14(6-5-11-32(3,27)28)19(25(2)33(4,29)30)24-21(16)31-18(17)13-7-9-15(22)10-8-13/h7-10,12H,5-6,11H2,1-4H3,(H,23,26). The molecule has 0 unspecified atom stereocenters. The molecule has 0 saturated heterocycles. The van der Waals surface area contributed by atoms with Crippen LogP contribution in [0.3, 0.4) is 0 Å². The number of aromatic nitrogens is 1. The van der Waals surface area contributed by atoms with Crippen LogP contribution in [0.15, 0.2) is 34.7 Å². The van der Waals surface area contributed by atoms with Crippen molar-refractivity contribution >= 4 is 42.7 Å². The lowest BCUT2D eigenvalue weighted by Gasteiger charge is -2.19. The molecule has 1 N–H and O–H groups in total. The fourth-order valence-corrected chi connectivity index (χ4v) is 4.49. The van der Waals surface area contributed by atoms with Crippen molar-refractivity contribution in [1.82, 2.24) is 10.3 Å². The first kappa shape index (κ1) is 24.6. The van der Waals surface area contributed by atoms with E-state index < -0.39 is 31.6 Å². The number of nitrogens with one attached hydrogen (secondary N) is 1. The van der Waals surface area contributed by atoms with E-state index in [1.807, 2.05) is 0 Å². The molecule has 3 rings (SSSR count). The fourth-order valence-electron chi connectivity index (χ4n) is 3.35. The first-order chi connectivity index (χ1) is 15.3. The number of amides is 1. The van der Waals surface area contributed by atoms with E-state index in [4.69, 9.17) is 4.42 Å². The quantitative estimate of drug-likeness (QED) is 0.506. The molecule has 2 heterocycles. The van der Waals surface area contributed by atoms with E-state index >= 15 is 0 Å². The van der Waals surface area contributed by atoms with Crippen molar-refractivity contribution in [3.05, 3.63) is 47.3 Å². The molecule has 2 aromatic heterocycles. The molecule has 0 radical (unpaired) electrons. The normalized spacial score (nSPS) is 12.2. The van der Waals surface area contributed by atoms with Gasteiger partial charge >= 0.3 is 0 Å². The molecule has 9 nitrogen and oxygen atoms in total. The molecule has 12 heteroatoms. The summed E-state index contributed by atoms with van der Waals surface area (Å²) >= 11 is 0. The van der Waals surface area contributed by atoms with Crippen molar-refractivity contribution in [2.75, 3.05) is 36.7 Å². The summed E-state index contributed by atoms with van der Waals surface area (Å²) in [5, 5.41) is 2.87. The number of carbonyl (C=O) groups excluding carboxylic acids is 1. The van der Waals surface area contributed by atoms with Crippen molar-refractivity contribution in [1.29, 1.82) is 0 Å². The predicted octanol–water partition coefficient (Wildman–Crippen LogP) is 2.37. The number of hydrogen-bond donors (Lipinski definition) is 1. The van der Waals surface area contributed by atoms with Crippen LogP contribution in [0.5, 0.6) is 0 Å². The minimum Gasteiger partial charge on any atom is -0.437 e. The third-order valence-electron chi connectivity index (χ3n) is 5.06. The van der Waals surface area contributed by atoms with Gasteiger partial charge in [0.1, 0.15) is 27.2 Å². The van der Waals surface area contributed by atoms with E-state index in [1.54, 1.807) is 6.07 Å². The van der Waals surface area contributed by atoms with E-state index in [-0.39, 0.29) is 41.4 Å². The Morgan fingerprint density at radius 1 is 1.15 bits per heavy atom. The number of pyridine rings is 1. The molecular formula is C21H24FN3O6S2. The van der Waals surface area contributed by atoms with Crippen molar-refractivity contribution in [2.45, 2.75) is 12.8 Å². The van der Waals surface area contributed by atoms with Crippen molar-refractivity contribution in [2.24, 2.45) is 0 Å². The van der Waals surface area contributed by atoms with Crippen LogP contribution in [0.1, 0.15) is 22.3 Å². The molecule has 0 atom stereocenters. The topological polar surface area (TPSA) is 127 Å². The Kier molecular flexibility index (Phi) is 6.80. The van der Waals surface area contributed by atoms with Crippen LogP contribution in [0.25, 0.3) is 22.4 Å². The van der Waals surface area contributed by atoms with Crippen LogP contribution in [0.4, 0.5) is 10.2 Å². The highest BCUT2D eigenvalue weighted by molar-refractivity contribution is 7.92. The molecule has 178 valence electrons. The molecule has 1 amide bonds. The number of aryl methyl sites for hydroxylation is 1. The number of carbonyl (C=O) groups is 1. The molecule has 0 saturated carbocycles. The molecule has 3 aromatic rings. The molecule has 33 heavy (non-hydrogen) atoms. The van der Waals surface area contributed by atoms with Gasteiger partial charge in [-0.1, -0.05) is 0 Å². The van der Waals surface area contributed by atoms with Gasteiger partial charge in [0.2, 0.25) is 15.7 Å². The largest absolute Gasteiger partial charge is 0.437 e. The third-order valence-corrected chi connectivity index (χ3v) is 7.25. The van der Waals surface area contributed by atoms with Crippen LogP contribution in [-0.4, -0.2) is 60.1 Å². The first-order valence-corrected chi connectivity index (χ1v) is 13.8. The number of nitrogens with zero attached hydrogens (tertiary/aromatic N) is 2. The zero-order chi connectivity index (χ0) is 24.6. The minimum absolute atomic E-state index is 0.0188. The fraction of sp³-hybridized carbons (Fsp3) is 0.333. The number of sulfonamides is 1. The van der Waals surface area contributed by atoms with Crippen molar-refractivity contribution < 1.29 is 30.4 Å². The number of furan rings is 1. The van der Waals surface area contributed by atoms with Crippen LogP contribution in [-0.2, 0) is 26.3 Å². The number of halogens is 1. The van der Waals surface area contributed by atoms with Crippen molar-refractivity contribution in [3.63, 3.8) is 0 Å². The number of anilines is 1. The molecule has 0 spiro atoms. The summed E-state index contributed by atoms with van der Waals surface area (Å²) in [6, 6.07) is 6.95. The van der Waals surface area contributed by atoms with Gasteiger partial charge in [-0.3, -0.25) is 9.10 Å². The van der Waals surface area contributed by atoms with Crippen LogP contribution < -0.4 is 9.62 Å². The number of sulfone groups is 1. The highest BCUT2D eigenvalue weighted by Crippen LogP contribution is 2.36. The Hall–Kier alpha value is -2.99. The third kappa shape index (κ3) is 5.50. The van der Waals surface area contributed by atoms with Crippen LogP contribution in [0, 0.1) is 5.82 Å². The number of rotatable bonds is 8. The maximum absolute atomic E-state index is 13.4. The number of hydrogen-bond acceptors (Lipinski definition) is 7. The van der Waals surface area contributed by atoms with Crippen LogP contribution in [0.2, 0.25) is 0 Å². The molecule has 1 aromatic carbocycles. The van der Waals surface area contributed by atoms with Gasteiger partial charge < -0.3 is 9.73 Å². The first-order valence-electron chi connectivity index (χ1n) is 9.88. The second-order valence-corrected chi connectivity index (χ2v) is 12.0. The summed E-state index contributed by atoms with van der Waals surface area (Å²) in [5.41, 5.74) is 1.05. The second-order valence-electron chi connectivity index (χ2n) is 7.68. The van der Waals surface area contributed by atoms with Gasteiger partial charge in [0.05, 0.1) is 23.0 Å². The lowest BCUT2D eigenvalue weighted by Crippen LogP contribution is -2.27. The summed E-state index contributed by atoms with van der Waals surface area (Å²) in [7, 11) is -4.14. The highest BCUT2D eigenvalue weighted by atomic mass is 32.2. The van der Waals surface area contributed by atoms with Gasteiger partial charge in [-0.05, 0) is 48.7 Å². The van der Waals surface area contributed by atoms with Gasteiger partial charge in [-0.15, -0.1) is 0 Å². The Labute approximate surface area is 191 Å². The smallest absolute Gasteiger partial charge is 0.255 e. The number of fused-ring (bicyclic) bond motifs is 1. The highest BCUT2D eigenvalue weighted by Gasteiger charge is 2.26. The van der Waals surface area contributed by atoms with E-state index in [1.165, 1.54) is 38.4 Å². The summed E-state index contributed by atoms with van der Waals surface area (Å²) in [5.74, 6) is -0.804. The average Bonchev–Trinajstić information content (AvgIpc) is 3.09. The van der Waals surface area contributed by atoms with Gasteiger partial charge in [0.15, 0.2) is 0 Å². The Morgan fingerprint density at radius 3 is 2.33 bits per heavy atom. The number of benzene rings is 1. The van der Waals surface area contributed by atoms with E-state index in [0.29, 0.717) is 16.5 Å². The van der Waals surface area contributed by atoms with Crippen molar-refractivity contribution in [3.8, 4) is 11.3 Å². The zero-order valence-corrected chi connectivity index (χ0v) is 20.2. The maximum Gasteiger partial charge on any atom is 0.255 e. The Bertz CT molecular complexity index is 1410. The summed E-state index contributed by atoms with van der Waals surface area (Å²) in [6.45, 7) is 0. The van der Waals surface area contributed by atoms with E-state index in [9.17, 15) is 26.0 Å². The second kappa shape index (κ2) is 9.10. The lowest BCUT2D eigenvalue weighted by atomic mass is 10.0. The molecule has 0 bridgehead atoms. The molecule has 0 aliphatic rings. The average molecular weight is 498 g/mol. The lowest BCUT2D eigenvalue weighted by molar-refractivity contribution is 0.0964. The maximum atomic E-state index is 13.4.